The Balaban J connectivity index is 2.26. The summed E-state index contributed by atoms with van der Waals surface area (Å²) < 4.78 is 1.98. The molecule has 0 spiro atoms. The van der Waals surface area contributed by atoms with Gasteiger partial charge in [0.15, 0.2) is 5.75 Å². The minimum Gasteiger partial charge on any atom is -0.503 e. The molecule has 0 aliphatic heterocycles. The maximum absolute atomic E-state index is 11.8. The molecule has 4 heteroatoms. The average molecular weight is 314 g/mol. The van der Waals surface area contributed by atoms with Crippen LogP contribution in [0.5, 0.6) is 5.75 Å². The first kappa shape index (κ1) is 17.3. The molecule has 124 valence electrons. The van der Waals surface area contributed by atoms with Gasteiger partial charge >= 0.3 is 0 Å². The minimum atomic E-state index is -0.309. The third-order valence-corrected chi connectivity index (χ3v) is 3.99. The molecule has 0 atom stereocenters. The van der Waals surface area contributed by atoms with Gasteiger partial charge in [0, 0.05) is 37.4 Å². The third kappa shape index (κ3) is 4.70. The molecule has 0 saturated heterocycles. The third-order valence-electron chi connectivity index (χ3n) is 3.99. The van der Waals surface area contributed by atoms with E-state index in [9.17, 15) is 9.90 Å². The van der Waals surface area contributed by atoms with Crippen LogP contribution in [0.2, 0.25) is 0 Å². The van der Waals surface area contributed by atoms with Gasteiger partial charge in [-0.1, -0.05) is 37.3 Å². The van der Waals surface area contributed by atoms with Crippen molar-refractivity contribution in [1.82, 2.24) is 9.47 Å². The van der Waals surface area contributed by atoms with E-state index in [4.69, 9.17) is 0 Å². The van der Waals surface area contributed by atoms with Gasteiger partial charge in [0.25, 0.3) is 0 Å². The summed E-state index contributed by atoms with van der Waals surface area (Å²) in [5, 5.41) is 9.68. The fourth-order valence-electron chi connectivity index (χ4n) is 2.63. The van der Waals surface area contributed by atoms with Crippen LogP contribution in [-0.2, 0) is 19.6 Å². The van der Waals surface area contributed by atoms with Crippen LogP contribution in [0.1, 0.15) is 38.4 Å². The maximum atomic E-state index is 11.8. The lowest BCUT2D eigenvalue weighted by atomic mass is 10.1. The quantitative estimate of drug-likeness (QED) is 0.852. The van der Waals surface area contributed by atoms with Gasteiger partial charge in [-0.15, -0.1) is 0 Å². The molecule has 1 aromatic carbocycles. The molecule has 23 heavy (non-hydrogen) atoms. The van der Waals surface area contributed by atoms with E-state index in [0.29, 0.717) is 12.6 Å². The molecule has 0 radical (unpaired) electrons. The Hall–Kier alpha value is -2.07. The highest BCUT2D eigenvalue weighted by Crippen LogP contribution is 2.14. The largest absolute Gasteiger partial charge is 0.503 e. The molecule has 1 aromatic heterocycles. The second kappa shape index (κ2) is 7.97. The van der Waals surface area contributed by atoms with Crippen molar-refractivity contribution in [1.29, 1.82) is 0 Å². The molecule has 0 aliphatic rings. The smallest absolute Gasteiger partial charge is 0.223 e. The number of aromatic nitrogens is 1. The number of aryl methyl sites for hydroxylation is 1. The van der Waals surface area contributed by atoms with Crippen LogP contribution >= 0.6 is 0 Å². The number of benzene rings is 1. The second-order valence-corrected chi connectivity index (χ2v) is 6.19. The summed E-state index contributed by atoms with van der Waals surface area (Å²) in [6.07, 6.45) is 2.51. The maximum Gasteiger partial charge on any atom is 0.223 e. The highest BCUT2D eigenvalue weighted by Gasteiger charge is 2.14. The van der Waals surface area contributed by atoms with E-state index < -0.39 is 0 Å². The van der Waals surface area contributed by atoms with Crippen LogP contribution in [-0.4, -0.2) is 20.6 Å². The van der Waals surface area contributed by atoms with Crippen molar-refractivity contribution in [2.45, 2.75) is 52.9 Å². The van der Waals surface area contributed by atoms with Crippen LogP contribution in [0.15, 0.2) is 47.4 Å². The molecule has 1 N–H and O–H groups in total. The minimum absolute atomic E-state index is 0.179. The number of hydrogen-bond acceptors (Lipinski definition) is 3. The normalized spacial score (nSPS) is 11.3. The molecular weight excluding hydrogens is 288 g/mol. The van der Waals surface area contributed by atoms with Crippen LogP contribution in [0, 0.1) is 0 Å². The van der Waals surface area contributed by atoms with E-state index >= 15 is 0 Å². The SMILES string of the molecule is CCCn1cc(O)c(=O)cc1CN(Cc1ccccc1)C(C)C. The molecule has 2 aromatic rings. The Morgan fingerprint density at radius 2 is 1.87 bits per heavy atom. The topological polar surface area (TPSA) is 45.5 Å². The number of hydrogen-bond donors (Lipinski definition) is 1. The van der Waals surface area contributed by atoms with E-state index in [1.165, 1.54) is 5.56 Å². The van der Waals surface area contributed by atoms with Crippen molar-refractivity contribution in [3.8, 4) is 5.75 Å². The summed E-state index contributed by atoms with van der Waals surface area (Å²) in [7, 11) is 0. The molecule has 0 aliphatic carbocycles. The van der Waals surface area contributed by atoms with Crippen molar-refractivity contribution in [3.63, 3.8) is 0 Å². The van der Waals surface area contributed by atoms with E-state index in [-0.39, 0.29) is 11.2 Å². The van der Waals surface area contributed by atoms with Crippen molar-refractivity contribution in [2.24, 2.45) is 0 Å². The summed E-state index contributed by atoms with van der Waals surface area (Å²) in [4.78, 5) is 14.2. The van der Waals surface area contributed by atoms with Crippen molar-refractivity contribution >= 4 is 0 Å². The Labute approximate surface area is 138 Å². The highest BCUT2D eigenvalue weighted by molar-refractivity contribution is 5.21. The standard InChI is InChI=1S/C19H26N2O2/c1-4-10-20-14-19(23)18(22)11-17(20)13-21(15(2)3)12-16-8-6-5-7-9-16/h5-9,11,14-15,23H,4,10,12-13H2,1-3H3. The van der Waals surface area contributed by atoms with Gasteiger partial charge in [-0.2, -0.15) is 0 Å². The molecule has 0 amide bonds. The van der Waals surface area contributed by atoms with E-state index in [1.807, 2.05) is 22.8 Å². The lowest BCUT2D eigenvalue weighted by Crippen LogP contribution is -2.31. The van der Waals surface area contributed by atoms with E-state index in [0.717, 1.165) is 25.2 Å². The predicted molar refractivity (Wildman–Crippen MR) is 93.5 cm³/mol. The second-order valence-electron chi connectivity index (χ2n) is 6.19. The first-order valence-electron chi connectivity index (χ1n) is 8.21. The van der Waals surface area contributed by atoms with Crippen molar-refractivity contribution < 1.29 is 5.11 Å². The predicted octanol–water partition coefficient (Wildman–Crippen LogP) is 3.37. The molecule has 0 bridgehead atoms. The lowest BCUT2D eigenvalue weighted by Gasteiger charge is -2.28. The van der Waals surface area contributed by atoms with Gasteiger partial charge in [-0.05, 0) is 25.8 Å². The van der Waals surface area contributed by atoms with Gasteiger partial charge in [-0.3, -0.25) is 9.69 Å². The number of pyridine rings is 1. The summed E-state index contributed by atoms with van der Waals surface area (Å²) in [6.45, 7) is 8.71. The Morgan fingerprint density at radius 1 is 1.17 bits per heavy atom. The van der Waals surface area contributed by atoms with Gasteiger partial charge in [-0.25, -0.2) is 0 Å². The first-order chi connectivity index (χ1) is 11.0. The Morgan fingerprint density at radius 3 is 2.48 bits per heavy atom. The highest BCUT2D eigenvalue weighted by atomic mass is 16.3. The zero-order valence-electron chi connectivity index (χ0n) is 14.2. The molecule has 0 unspecified atom stereocenters. The van der Waals surface area contributed by atoms with Crippen molar-refractivity contribution in [2.75, 3.05) is 0 Å². The van der Waals surface area contributed by atoms with Gasteiger partial charge in [0.05, 0.1) is 6.20 Å². The van der Waals surface area contributed by atoms with E-state index in [1.54, 1.807) is 12.3 Å². The van der Waals surface area contributed by atoms with Crippen LogP contribution in [0.3, 0.4) is 0 Å². The molecule has 4 nitrogen and oxygen atoms in total. The molecule has 0 saturated carbocycles. The van der Waals surface area contributed by atoms with Crippen LogP contribution in [0.4, 0.5) is 0 Å². The van der Waals surface area contributed by atoms with Gasteiger partial charge < -0.3 is 9.67 Å². The Kier molecular flexibility index (Phi) is 5.99. The van der Waals surface area contributed by atoms with Gasteiger partial charge in [0.2, 0.25) is 5.43 Å². The van der Waals surface area contributed by atoms with Crippen LogP contribution in [0.25, 0.3) is 0 Å². The molecule has 2 rings (SSSR count). The summed E-state index contributed by atoms with van der Waals surface area (Å²) in [5.74, 6) is -0.179. The lowest BCUT2D eigenvalue weighted by molar-refractivity contribution is 0.197. The van der Waals surface area contributed by atoms with Crippen LogP contribution < -0.4 is 5.43 Å². The van der Waals surface area contributed by atoms with E-state index in [2.05, 4.69) is 37.8 Å². The zero-order chi connectivity index (χ0) is 16.8. The number of aromatic hydroxyl groups is 1. The molecular formula is C19H26N2O2. The number of nitrogens with zero attached hydrogens (tertiary/aromatic N) is 2. The fraction of sp³-hybridized carbons (Fsp3) is 0.421. The molecule has 1 heterocycles. The molecule has 0 fully saturated rings. The monoisotopic (exact) mass is 314 g/mol. The number of rotatable bonds is 7. The summed E-state index contributed by atoms with van der Waals surface area (Å²) in [5.41, 5.74) is 1.89. The summed E-state index contributed by atoms with van der Waals surface area (Å²) in [6, 6.07) is 12.3. The zero-order valence-corrected chi connectivity index (χ0v) is 14.2. The fourth-order valence-corrected chi connectivity index (χ4v) is 2.63. The first-order valence-corrected chi connectivity index (χ1v) is 8.21. The van der Waals surface area contributed by atoms with Crippen molar-refractivity contribution in [3.05, 3.63) is 64.1 Å². The average Bonchev–Trinajstić information content (AvgIpc) is 2.52. The Bertz CT molecular complexity index is 678. The van der Waals surface area contributed by atoms with Gasteiger partial charge in [0.1, 0.15) is 0 Å². The summed E-state index contributed by atoms with van der Waals surface area (Å²) >= 11 is 0.